The largest absolute Gasteiger partial charge is 0.478 e. The van der Waals surface area contributed by atoms with Gasteiger partial charge in [0, 0.05) is 29.4 Å². The molecule has 41 heavy (non-hydrogen) atoms. The SMILES string of the molecule is CCn1c(N)c(CN)c[n+]1CC1=C(C(=O)O)N2C(=O)[C@@H](NC(=O)/C(=N\OC(C)(C)C(=O)O)c3nsc(N)n3)[C@H]2SC1. The summed E-state index contributed by atoms with van der Waals surface area (Å²) in [5.41, 5.74) is 16.3. The van der Waals surface area contributed by atoms with E-state index in [-0.39, 0.29) is 35.5 Å². The van der Waals surface area contributed by atoms with Gasteiger partial charge in [-0.2, -0.15) is 9.36 Å². The number of aliphatic carboxylic acids is 2. The van der Waals surface area contributed by atoms with Gasteiger partial charge in [0.25, 0.3) is 11.8 Å². The first-order chi connectivity index (χ1) is 19.3. The zero-order chi connectivity index (χ0) is 30.2. The van der Waals surface area contributed by atoms with E-state index in [4.69, 9.17) is 22.0 Å². The molecule has 4 rings (SSSR count). The summed E-state index contributed by atoms with van der Waals surface area (Å²) in [4.78, 5) is 60.2. The maximum absolute atomic E-state index is 13.2. The molecule has 2 amide bonds. The van der Waals surface area contributed by atoms with E-state index < -0.39 is 46.5 Å². The third-order valence-electron chi connectivity index (χ3n) is 6.38. The second-order valence-electron chi connectivity index (χ2n) is 9.48. The zero-order valence-corrected chi connectivity index (χ0v) is 23.9. The molecule has 0 spiro atoms. The first-order valence-corrected chi connectivity index (χ1v) is 14.0. The van der Waals surface area contributed by atoms with Crippen molar-refractivity contribution in [3.63, 3.8) is 0 Å². The molecule has 0 unspecified atom stereocenters. The van der Waals surface area contributed by atoms with E-state index in [1.807, 2.05) is 6.92 Å². The van der Waals surface area contributed by atoms with Crippen molar-refractivity contribution in [2.45, 2.75) is 57.4 Å². The predicted octanol–water partition coefficient (Wildman–Crippen LogP) is -1.71. The number of rotatable bonds is 11. The number of carboxylic acids is 2. The van der Waals surface area contributed by atoms with Crippen LogP contribution >= 0.6 is 23.3 Å². The highest BCUT2D eigenvalue weighted by atomic mass is 32.2. The highest BCUT2D eigenvalue weighted by molar-refractivity contribution is 8.00. The van der Waals surface area contributed by atoms with Gasteiger partial charge in [-0.05, 0) is 20.8 Å². The van der Waals surface area contributed by atoms with E-state index in [1.165, 1.54) is 25.6 Å². The summed E-state index contributed by atoms with van der Waals surface area (Å²) in [6.45, 7) is 5.22. The smallest absolute Gasteiger partial charge is 0.352 e. The molecule has 4 heterocycles. The molecule has 2 aliphatic rings. The number of nitrogen functional groups attached to an aromatic ring is 2. The monoisotopic (exact) mass is 609 g/mol. The number of amides is 2. The number of hydrogen-bond acceptors (Lipinski definition) is 13. The van der Waals surface area contributed by atoms with Crippen molar-refractivity contribution in [1.29, 1.82) is 0 Å². The molecule has 0 bridgehead atoms. The number of β-lactam (4-membered cyclic amide) rings is 1. The molecule has 17 nitrogen and oxygen atoms in total. The number of carbonyl (C=O) groups excluding carboxylic acids is 2. The Labute approximate surface area is 241 Å². The van der Waals surface area contributed by atoms with Crippen LogP contribution in [0.3, 0.4) is 0 Å². The average molecular weight is 610 g/mol. The summed E-state index contributed by atoms with van der Waals surface area (Å²) >= 11 is 2.04. The lowest BCUT2D eigenvalue weighted by atomic mass is 10.0. The van der Waals surface area contributed by atoms with Crippen molar-refractivity contribution < 1.29 is 38.9 Å². The summed E-state index contributed by atoms with van der Waals surface area (Å²) in [5.74, 6) is -3.73. The van der Waals surface area contributed by atoms with Gasteiger partial charge in [-0.1, -0.05) is 5.16 Å². The molecule has 2 aromatic heterocycles. The Bertz CT molecular complexity index is 1480. The van der Waals surface area contributed by atoms with Gasteiger partial charge < -0.3 is 37.6 Å². The highest BCUT2D eigenvalue weighted by Crippen LogP contribution is 2.40. The van der Waals surface area contributed by atoms with Crippen LogP contribution in [0.1, 0.15) is 32.2 Å². The van der Waals surface area contributed by atoms with Crippen molar-refractivity contribution in [3.8, 4) is 0 Å². The average Bonchev–Trinajstić information content (AvgIpc) is 3.48. The van der Waals surface area contributed by atoms with Crippen LogP contribution in [0.15, 0.2) is 22.6 Å². The van der Waals surface area contributed by atoms with Crippen LogP contribution in [0.4, 0.5) is 10.9 Å². The predicted molar refractivity (Wildman–Crippen MR) is 146 cm³/mol. The summed E-state index contributed by atoms with van der Waals surface area (Å²) < 4.78 is 7.45. The molecule has 2 atom stereocenters. The van der Waals surface area contributed by atoms with Crippen LogP contribution < -0.4 is 27.2 Å². The number of anilines is 2. The number of thioether (sulfide) groups is 1. The second-order valence-corrected chi connectivity index (χ2v) is 11.4. The van der Waals surface area contributed by atoms with Crippen LogP contribution in [0.2, 0.25) is 0 Å². The summed E-state index contributed by atoms with van der Waals surface area (Å²) in [7, 11) is 0. The van der Waals surface area contributed by atoms with Crippen molar-refractivity contribution in [2.75, 3.05) is 17.2 Å². The van der Waals surface area contributed by atoms with Gasteiger partial charge in [0.1, 0.15) is 17.1 Å². The lowest BCUT2D eigenvalue weighted by Crippen LogP contribution is -2.71. The standard InChI is InChI=1S/C22H28N10O7S2/c1-4-31-14(24)9(5-23)6-30(31)7-10-8-40-18-12(17(34)32(18)13(10)19(35)36)26-16(33)11(15-27-21(25)41-29-15)28-39-22(2,3)20(37)38/h6,12,18,24H,4-5,7-8,23H2,1-3H3,(H5,25,26,27,29,33,35,36,37,38)/p+1/b28-11-/t12-,18-/m1/s1. The number of aromatic nitrogens is 4. The lowest BCUT2D eigenvalue weighted by Gasteiger charge is -2.49. The molecule has 0 aromatic carbocycles. The number of hydrogen-bond donors (Lipinski definition) is 6. The molecule has 0 radical (unpaired) electrons. The van der Waals surface area contributed by atoms with E-state index >= 15 is 0 Å². The van der Waals surface area contributed by atoms with Gasteiger partial charge in [0.2, 0.25) is 23.3 Å². The summed E-state index contributed by atoms with van der Waals surface area (Å²) in [6, 6.07) is -1.11. The quantitative estimate of drug-likeness (QED) is 0.0719. The molecule has 9 N–H and O–H groups in total. The topological polar surface area (TPSA) is 258 Å². The Morgan fingerprint density at radius 2 is 2.02 bits per heavy atom. The number of nitrogens with two attached hydrogens (primary N) is 3. The fourth-order valence-corrected chi connectivity index (χ4v) is 5.95. The van der Waals surface area contributed by atoms with E-state index in [0.29, 0.717) is 23.5 Å². The highest BCUT2D eigenvalue weighted by Gasteiger charge is 2.55. The number of fused-ring (bicyclic) bond motifs is 1. The Morgan fingerprint density at radius 3 is 2.59 bits per heavy atom. The third kappa shape index (κ3) is 5.55. The third-order valence-corrected chi connectivity index (χ3v) is 8.26. The fraction of sp³-hybridized carbons (Fsp3) is 0.455. The number of carboxylic acid groups (broad SMARTS) is 2. The molecule has 1 saturated heterocycles. The minimum absolute atomic E-state index is 0.0166. The lowest BCUT2D eigenvalue weighted by molar-refractivity contribution is -0.767. The van der Waals surface area contributed by atoms with Crippen LogP contribution in [-0.4, -0.2) is 81.4 Å². The number of carbonyl (C=O) groups is 4. The Morgan fingerprint density at radius 1 is 1.32 bits per heavy atom. The van der Waals surface area contributed by atoms with E-state index in [2.05, 4.69) is 19.8 Å². The second kappa shape index (κ2) is 11.3. The number of nitrogens with zero attached hydrogens (tertiary/aromatic N) is 6. The van der Waals surface area contributed by atoms with Crippen LogP contribution in [0, 0.1) is 0 Å². The Kier molecular flexibility index (Phi) is 8.22. The molecule has 0 saturated carbocycles. The zero-order valence-electron chi connectivity index (χ0n) is 22.2. The van der Waals surface area contributed by atoms with E-state index in [0.717, 1.165) is 16.4 Å². The van der Waals surface area contributed by atoms with Crippen molar-refractivity contribution in [2.24, 2.45) is 10.9 Å². The first kappa shape index (κ1) is 29.7. The van der Waals surface area contributed by atoms with E-state index in [1.54, 1.807) is 15.6 Å². The molecular weight excluding hydrogens is 580 g/mol. The first-order valence-electron chi connectivity index (χ1n) is 12.2. The van der Waals surface area contributed by atoms with Gasteiger partial charge >= 0.3 is 11.9 Å². The van der Waals surface area contributed by atoms with Gasteiger partial charge in [0.15, 0.2) is 17.5 Å². The van der Waals surface area contributed by atoms with Crippen LogP contribution in [0.5, 0.6) is 0 Å². The number of oxime groups is 1. The van der Waals surface area contributed by atoms with Crippen molar-refractivity contribution >= 4 is 63.7 Å². The Balaban J connectivity index is 1.58. The molecule has 220 valence electrons. The van der Waals surface area contributed by atoms with Gasteiger partial charge in [-0.25, -0.2) is 9.59 Å². The van der Waals surface area contributed by atoms with Crippen LogP contribution in [-0.2, 0) is 43.7 Å². The molecule has 2 aliphatic heterocycles. The summed E-state index contributed by atoms with van der Waals surface area (Å²) in [5, 5.41) is 24.8. The molecule has 0 aliphatic carbocycles. The van der Waals surface area contributed by atoms with Gasteiger partial charge in [-0.3, -0.25) is 14.5 Å². The van der Waals surface area contributed by atoms with E-state index in [9.17, 15) is 29.4 Å². The van der Waals surface area contributed by atoms with Crippen molar-refractivity contribution in [3.05, 3.63) is 28.9 Å². The maximum Gasteiger partial charge on any atom is 0.352 e. The normalized spacial score (nSPS) is 19.1. The van der Waals surface area contributed by atoms with Gasteiger partial charge in [-0.15, -0.1) is 21.1 Å². The molecule has 1 fully saturated rings. The minimum Gasteiger partial charge on any atom is -0.478 e. The molecule has 2 aromatic rings. The Hall–Kier alpha value is -4.23. The van der Waals surface area contributed by atoms with Crippen LogP contribution in [0.25, 0.3) is 0 Å². The minimum atomic E-state index is -1.79. The maximum atomic E-state index is 13.2. The van der Waals surface area contributed by atoms with Crippen molar-refractivity contribution in [1.82, 2.24) is 24.3 Å². The summed E-state index contributed by atoms with van der Waals surface area (Å²) in [6.07, 6.45) is 1.75. The fourth-order valence-electron chi connectivity index (χ4n) is 4.18. The molecular formula is C22H29N10O7S2+. The molecule has 19 heteroatoms. The number of nitrogens with one attached hydrogen (secondary N) is 1. The van der Waals surface area contributed by atoms with Gasteiger partial charge in [0.05, 0.1) is 12.1 Å².